The van der Waals surface area contributed by atoms with E-state index in [1.54, 1.807) is 16.8 Å². The number of rotatable bonds is 3. The standard InChI is InChI=1S/C14H11BrN4O/c1-9-11(15)3-2-4-12(9)18-13-14-17-7-10(8-20)19(14)6-5-16-13/h2-8H,1H3,(H,16,18). The number of carbonyl (C=O) groups is 1. The van der Waals surface area contributed by atoms with Gasteiger partial charge in [0.15, 0.2) is 17.8 Å². The molecule has 0 atom stereocenters. The second-order valence-corrected chi connectivity index (χ2v) is 5.16. The smallest absolute Gasteiger partial charge is 0.181 e. The molecule has 0 aliphatic rings. The normalized spacial score (nSPS) is 10.7. The van der Waals surface area contributed by atoms with E-state index in [9.17, 15) is 4.79 Å². The third kappa shape index (κ3) is 2.08. The first-order chi connectivity index (χ1) is 9.70. The quantitative estimate of drug-likeness (QED) is 0.748. The minimum absolute atomic E-state index is 0.497. The molecule has 0 saturated heterocycles. The van der Waals surface area contributed by atoms with Gasteiger partial charge in [-0.25, -0.2) is 9.97 Å². The van der Waals surface area contributed by atoms with Crippen LogP contribution < -0.4 is 5.32 Å². The summed E-state index contributed by atoms with van der Waals surface area (Å²) in [6, 6.07) is 5.89. The van der Waals surface area contributed by atoms with Crippen LogP contribution in [0.25, 0.3) is 5.65 Å². The highest BCUT2D eigenvalue weighted by Crippen LogP contribution is 2.27. The Morgan fingerprint density at radius 3 is 3.00 bits per heavy atom. The van der Waals surface area contributed by atoms with Gasteiger partial charge in [0.2, 0.25) is 0 Å². The van der Waals surface area contributed by atoms with Gasteiger partial charge in [-0.05, 0) is 24.6 Å². The number of aldehydes is 1. The number of hydrogen-bond donors (Lipinski definition) is 1. The van der Waals surface area contributed by atoms with Crippen molar-refractivity contribution in [3.05, 3.63) is 52.5 Å². The summed E-state index contributed by atoms with van der Waals surface area (Å²) in [5, 5.41) is 3.25. The van der Waals surface area contributed by atoms with E-state index in [0.717, 1.165) is 22.0 Å². The van der Waals surface area contributed by atoms with Crippen molar-refractivity contribution >= 4 is 39.4 Å². The number of carbonyl (C=O) groups excluding carboxylic acids is 1. The molecule has 0 aliphatic carbocycles. The number of anilines is 2. The number of aromatic nitrogens is 3. The van der Waals surface area contributed by atoms with Gasteiger partial charge in [0.1, 0.15) is 5.69 Å². The minimum atomic E-state index is 0.497. The van der Waals surface area contributed by atoms with Crippen LogP contribution in [0, 0.1) is 6.92 Å². The van der Waals surface area contributed by atoms with E-state index < -0.39 is 0 Å². The molecule has 20 heavy (non-hydrogen) atoms. The average Bonchev–Trinajstić information content (AvgIpc) is 2.88. The summed E-state index contributed by atoms with van der Waals surface area (Å²) >= 11 is 3.50. The summed E-state index contributed by atoms with van der Waals surface area (Å²) in [4.78, 5) is 19.5. The maximum Gasteiger partial charge on any atom is 0.181 e. The monoisotopic (exact) mass is 330 g/mol. The lowest BCUT2D eigenvalue weighted by Gasteiger charge is -2.10. The fraction of sp³-hybridized carbons (Fsp3) is 0.0714. The third-order valence-electron chi connectivity index (χ3n) is 3.10. The Hall–Kier alpha value is -2.21. The lowest BCUT2D eigenvalue weighted by molar-refractivity contribution is 0.111. The lowest BCUT2D eigenvalue weighted by atomic mass is 10.2. The van der Waals surface area contributed by atoms with Crippen molar-refractivity contribution in [2.24, 2.45) is 0 Å². The molecule has 3 rings (SSSR count). The van der Waals surface area contributed by atoms with Gasteiger partial charge in [0, 0.05) is 22.6 Å². The van der Waals surface area contributed by atoms with Gasteiger partial charge in [-0.15, -0.1) is 0 Å². The molecule has 0 unspecified atom stereocenters. The van der Waals surface area contributed by atoms with Crippen molar-refractivity contribution in [1.82, 2.24) is 14.4 Å². The van der Waals surface area contributed by atoms with E-state index in [0.29, 0.717) is 17.2 Å². The van der Waals surface area contributed by atoms with Crippen LogP contribution in [0.4, 0.5) is 11.5 Å². The van der Waals surface area contributed by atoms with Crippen LogP contribution in [0.2, 0.25) is 0 Å². The zero-order valence-corrected chi connectivity index (χ0v) is 12.3. The number of hydrogen-bond acceptors (Lipinski definition) is 4. The Balaban J connectivity index is 2.09. The van der Waals surface area contributed by atoms with Crippen molar-refractivity contribution in [1.29, 1.82) is 0 Å². The van der Waals surface area contributed by atoms with Gasteiger partial charge in [-0.2, -0.15) is 0 Å². The molecule has 0 fully saturated rings. The second-order valence-electron chi connectivity index (χ2n) is 4.31. The number of fused-ring (bicyclic) bond motifs is 1. The summed E-state index contributed by atoms with van der Waals surface area (Å²) in [5.74, 6) is 0.613. The predicted molar refractivity (Wildman–Crippen MR) is 80.5 cm³/mol. The van der Waals surface area contributed by atoms with Gasteiger partial charge >= 0.3 is 0 Å². The van der Waals surface area contributed by atoms with Crippen LogP contribution in [-0.2, 0) is 0 Å². The fourth-order valence-electron chi connectivity index (χ4n) is 1.98. The highest BCUT2D eigenvalue weighted by atomic mass is 79.9. The molecule has 1 N–H and O–H groups in total. The van der Waals surface area contributed by atoms with Gasteiger partial charge < -0.3 is 5.32 Å². The largest absolute Gasteiger partial charge is 0.337 e. The van der Waals surface area contributed by atoms with Crippen molar-refractivity contribution in [3.8, 4) is 0 Å². The number of benzene rings is 1. The molecule has 100 valence electrons. The number of nitrogens with zero attached hydrogens (tertiary/aromatic N) is 3. The Kier molecular flexibility index (Phi) is 3.23. The highest BCUT2D eigenvalue weighted by Gasteiger charge is 2.09. The maximum absolute atomic E-state index is 10.9. The Morgan fingerprint density at radius 1 is 1.35 bits per heavy atom. The molecule has 0 saturated carbocycles. The number of imidazole rings is 1. The van der Waals surface area contributed by atoms with E-state index in [1.165, 1.54) is 6.20 Å². The fourth-order valence-corrected chi connectivity index (χ4v) is 2.35. The molecule has 2 aromatic heterocycles. The average molecular weight is 331 g/mol. The van der Waals surface area contributed by atoms with Crippen LogP contribution >= 0.6 is 15.9 Å². The molecule has 0 bridgehead atoms. The summed E-state index contributed by atoms with van der Waals surface area (Å²) in [6.07, 6.45) is 5.65. The van der Waals surface area contributed by atoms with Gasteiger partial charge in [-0.1, -0.05) is 22.0 Å². The first-order valence-corrected chi connectivity index (χ1v) is 6.79. The summed E-state index contributed by atoms with van der Waals surface area (Å²) in [5.41, 5.74) is 3.14. The number of nitrogens with one attached hydrogen (secondary N) is 1. The first kappa shape index (κ1) is 12.8. The summed E-state index contributed by atoms with van der Waals surface area (Å²) in [6.45, 7) is 2.01. The van der Waals surface area contributed by atoms with Crippen molar-refractivity contribution in [2.75, 3.05) is 5.32 Å². The van der Waals surface area contributed by atoms with Crippen LogP contribution in [-0.4, -0.2) is 20.7 Å². The van der Waals surface area contributed by atoms with Crippen molar-refractivity contribution < 1.29 is 4.79 Å². The molecular weight excluding hydrogens is 320 g/mol. The van der Waals surface area contributed by atoms with E-state index in [1.807, 2.05) is 25.1 Å². The molecule has 5 nitrogen and oxygen atoms in total. The minimum Gasteiger partial charge on any atom is -0.337 e. The Morgan fingerprint density at radius 2 is 2.20 bits per heavy atom. The van der Waals surface area contributed by atoms with Crippen molar-refractivity contribution in [3.63, 3.8) is 0 Å². The van der Waals surface area contributed by atoms with Gasteiger partial charge in [-0.3, -0.25) is 9.20 Å². The van der Waals surface area contributed by atoms with Gasteiger partial charge in [0.25, 0.3) is 0 Å². The molecule has 3 aromatic rings. The molecule has 0 radical (unpaired) electrons. The topological polar surface area (TPSA) is 59.3 Å². The van der Waals surface area contributed by atoms with Crippen LogP contribution in [0.15, 0.2) is 41.3 Å². The van der Waals surface area contributed by atoms with E-state index in [2.05, 4.69) is 31.2 Å². The van der Waals surface area contributed by atoms with E-state index in [-0.39, 0.29) is 0 Å². The lowest BCUT2D eigenvalue weighted by Crippen LogP contribution is -2.00. The molecule has 0 aliphatic heterocycles. The van der Waals surface area contributed by atoms with Crippen LogP contribution in [0.3, 0.4) is 0 Å². The maximum atomic E-state index is 10.9. The van der Waals surface area contributed by atoms with Crippen LogP contribution in [0.1, 0.15) is 16.1 Å². The zero-order valence-electron chi connectivity index (χ0n) is 10.7. The van der Waals surface area contributed by atoms with Crippen molar-refractivity contribution in [2.45, 2.75) is 6.92 Å². The zero-order chi connectivity index (χ0) is 14.1. The molecule has 2 heterocycles. The van der Waals surface area contributed by atoms with E-state index in [4.69, 9.17) is 0 Å². The SMILES string of the molecule is Cc1c(Br)cccc1Nc1nccn2c(C=O)cnc12. The molecule has 0 amide bonds. The van der Waals surface area contributed by atoms with Crippen LogP contribution in [0.5, 0.6) is 0 Å². The predicted octanol–water partition coefficient (Wildman–Crippen LogP) is 3.36. The number of halogens is 1. The summed E-state index contributed by atoms with van der Waals surface area (Å²) in [7, 11) is 0. The molecule has 6 heteroatoms. The first-order valence-electron chi connectivity index (χ1n) is 6.00. The second kappa shape index (κ2) is 5.05. The molecular formula is C14H11BrN4O. The molecule has 0 spiro atoms. The summed E-state index contributed by atoms with van der Waals surface area (Å²) < 4.78 is 2.72. The molecule has 1 aromatic carbocycles. The Bertz CT molecular complexity index is 797. The Labute approximate surface area is 123 Å². The van der Waals surface area contributed by atoms with E-state index >= 15 is 0 Å². The third-order valence-corrected chi connectivity index (χ3v) is 3.96. The van der Waals surface area contributed by atoms with Gasteiger partial charge in [0.05, 0.1) is 6.20 Å². The highest BCUT2D eigenvalue weighted by molar-refractivity contribution is 9.10.